The van der Waals surface area contributed by atoms with Crippen LogP contribution in [0, 0.1) is 11.7 Å². The van der Waals surface area contributed by atoms with Gasteiger partial charge in [0.25, 0.3) is 0 Å². The number of aromatic nitrogens is 3. The van der Waals surface area contributed by atoms with E-state index in [-0.39, 0.29) is 30.0 Å². The number of benzene rings is 1. The molecule has 1 aromatic heterocycles. The van der Waals surface area contributed by atoms with Crippen LogP contribution < -0.4 is 5.32 Å². The van der Waals surface area contributed by atoms with Crippen molar-refractivity contribution in [1.29, 1.82) is 0 Å². The van der Waals surface area contributed by atoms with Gasteiger partial charge in [-0.25, -0.2) is 4.39 Å². The molecule has 6 nitrogen and oxygen atoms in total. The second kappa shape index (κ2) is 8.23. The lowest BCUT2D eigenvalue weighted by molar-refractivity contribution is -0.120. The van der Waals surface area contributed by atoms with Gasteiger partial charge in [0.15, 0.2) is 0 Å². The lowest BCUT2D eigenvalue weighted by Crippen LogP contribution is -2.32. The molecule has 0 saturated heterocycles. The first-order valence-electron chi connectivity index (χ1n) is 8.73. The van der Waals surface area contributed by atoms with Crippen LogP contribution in [-0.4, -0.2) is 38.4 Å². The molecule has 2 N–H and O–H groups in total. The van der Waals surface area contributed by atoms with Gasteiger partial charge in [-0.15, -0.1) is 10.2 Å². The number of rotatable bonds is 6. The van der Waals surface area contributed by atoms with Crippen molar-refractivity contribution >= 4 is 12.0 Å². The van der Waals surface area contributed by atoms with E-state index in [4.69, 9.17) is 0 Å². The van der Waals surface area contributed by atoms with Crippen LogP contribution in [0.1, 0.15) is 36.6 Å². The summed E-state index contributed by atoms with van der Waals surface area (Å²) >= 11 is 0. The number of halogens is 1. The number of nitrogens with one attached hydrogen (secondary N) is 1. The summed E-state index contributed by atoms with van der Waals surface area (Å²) in [4.78, 5) is 12.0. The van der Waals surface area contributed by atoms with Gasteiger partial charge in [-0.05, 0) is 30.5 Å². The van der Waals surface area contributed by atoms with Crippen LogP contribution in [-0.2, 0) is 11.8 Å². The monoisotopic (exact) mass is 358 g/mol. The average molecular weight is 358 g/mol. The second-order valence-electron chi connectivity index (χ2n) is 6.76. The molecule has 1 amide bonds. The van der Waals surface area contributed by atoms with E-state index >= 15 is 0 Å². The summed E-state index contributed by atoms with van der Waals surface area (Å²) in [5.41, 5.74) is 0.844. The van der Waals surface area contributed by atoms with Crippen molar-refractivity contribution in [2.75, 3.05) is 6.54 Å². The molecule has 2 aromatic rings. The zero-order chi connectivity index (χ0) is 18.5. The third kappa shape index (κ3) is 4.54. The molecule has 0 radical (unpaired) electrons. The van der Waals surface area contributed by atoms with Crippen molar-refractivity contribution in [2.45, 2.75) is 31.3 Å². The average Bonchev–Trinajstić information content (AvgIpc) is 3.20. The topological polar surface area (TPSA) is 80.0 Å². The third-order valence-electron chi connectivity index (χ3n) is 4.81. The van der Waals surface area contributed by atoms with Gasteiger partial charge in [0.05, 0.1) is 6.10 Å². The molecule has 0 bridgehead atoms. The first kappa shape index (κ1) is 18.3. The Balaban J connectivity index is 1.44. The number of aryl methyl sites for hydroxylation is 1. The minimum absolute atomic E-state index is 0.0155. The maximum Gasteiger partial charge on any atom is 0.223 e. The highest BCUT2D eigenvalue weighted by Crippen LogP contribution is 2.37. The number of aliphatic hydroxyl groups excluding tert-OH is 1. The zero-order valence-corrected chi connectivity index (χ0v) is 14.7. The number of aliphatic hydroxyl groups is 1. The molecule has 0 spiro atoms. The van der Waals surface area contributed by atoms with Crippen LogP contribution >= 0.6 is 0 Å². The summed E-state index contributed by atoms with van der Waals surface area (Å²) in [6.07, 6.45) is 6.39. The molecular formula is C19H23FN4O2. The summed E-state index contributed by atoms with van der Waals surface area (Å²) in [7, 11) is 1.89. The summed E-state index contributed by atoms with van der Waals surface area (Å²) in [5, 5.41) is 21.1. The maximum absolute atomic E-state index is 12.8. The molecule has 1 saturated carbocycles. The number of carbonyl (C=O) groups is 1. The fraction of sp³-hybridized carbons (Fsp3) is 0.421. The van der Waals surface area contributed by atoms with E-state index in [9.17, 15) is 14.3 Å². The Kier molecular flexibility index (Phi) is 5.78. The Morgan fingerprint density at radius 1 is 1.38 bits per heavy atom. The van der Waals surface area contributed by atoms with E-state index in [1.165, 1.54) is 12.1 Å². The van der Waals surface area contributed by atoms with Gasteiger partial charge in [-0.3, -0.25) is 4.79 Å². The first-order chi connectivity index (χ1) is 12.5. The summed E-state index contributed by atoms with van der Waals surface area (Å²) in [6.45, 7) is 0.443. The molecule has 1 aliphatic rings. The number of amides is 1. The van der Waals surface area contributed by atoms with Crippen LogP contribution in [0.2, 0.25) is 0 Å². The highest BCUT2D eigenvalue weighted by molar-refractivity contribution is 5.78. The Morgan fingerprint density at radius 3 is 2.85 bits per heavy atom. The minimum Gasteiger partial charge on any atom is -0.393 e. The van der Waals surface area contributed by atoms with Crippen LogP contribution in [0.3, 0.4) is 0 Å². The molecule has 1 fully saturated rings. The maximum atomic E-state index is 12.8. The second-order valence-corrected chi connectivity index (χ2v) is 6.76. The quantitative estimate of drug-likeness (QED) is 0.828. The lowest BCUT2D eigenvalue weighted by Gasteiger charge is -2.14. The predicted octanol–water partition coefficient (Wildman–Crippen LogP) is 2.03. The van der Waals surface area contributed by atoms with Gasteiger partial charge < -0.3 is 15.0 Å². The molecule has 1 heterocycles. The van der Waals surface area contributed by atoms with E-state index in [1.54, 1.807) is 30.6 Å². The number of carbonyl (C=O) groups excluding carboxylic acids is 1. The molecule has 0 aliphatic heterocycles. The number of hydrogen-bond donors (Lipinski definition) is 2. The fourth-order valence-corrected chi connectivity index (χ4v) is 3.39. The van der Waals surface area contributed by atoms with Crippen molar-refractivity contribution in [2.24, 2.45) is 13.0 Å². The summed E-state index contributed by atoms with van der Waals surface area (Å²) < 4.78 is 14.7. The molecular weight excluding hydrogens is 335 g/mol. The third-order valence-corrected chi connectivity index (χ3v) is 4.81. The zero-order valence-electron chi connectivity index (χ0n) is 14.7. The van der Waals surface area contributed by atoms with E-state index in [0.29, 0.717) is 13.0 Å². The SMILES string of the molecule is Cn1cnnc1[C@H]1C[C@H](CNC(=O)C/C=C/c2ccc(F)cc2)[C@H](O)C1. The van der Waals surface area contributed by atoms with Gasteiger partial charge in [0.2, 0.25) is 5.91 Å². The van der Waals surface area contributed by atoms with Crippen LogP contribution in [0.15, 0.2) is 36.7 Å². The van der Waals surface area contributed by atoms with Gasteiger partial charge in [0.1, 0.15) is 18.0 Å². The van der Waals surface area contributed by atoms with Crippen molar-refractivity contribution in [1.82, 2.24) is 20.1 Å². The van der Waals surface area contributed by atoms with E-state index < -0.39 is 6.10 Å². The highest BCUT2D eigenvalue weighted by Gasteiger charge is 2.35. The molecule has 3 rings (SSSR count). The number of nitrogens with zero attached hydrogens (tertiary/aromatic N) is 3. The van der Waals surface area contributed by atoms with Gasteiger partial charge in [0, 0.05) is 31.8 Å². The van der Waals surface area contributed by atoms with E-state index in [0.717, 1.165) is 17.8 Å². The molecule has 1 aromatic carbocycles. The Morgan fingerprint density at radius 2 is 2.15 bits per heavy atom. The van der Waals surface area contributed by atoms with Crippen molar-refractivity contribution in [3.8, 4) is 0 Å². The Hall–Kier alpha value is -2.54. The van der Waals surface area contributed by atoms with E-state index in [2.05, 4.69) is 15.5 Å². The van der Waals surface area contributed by atoms with Crippen LogP contribution in [0.5, 0.6) is 0 Å². The van der Waals surface area contributed by atoms with Crippen LogP contribution in [0.25, 0.3) is 6.08 Å². The Bertz CT molecular complexity index is 772. The Labute approximate surface area is 151 Å². The minimum atomic E-state index is -0.452. The lowest BCUT2D eigenvalue weighted by atomic mass is 10.0. The smallest absolute Gasteiger partial charge is 0.223 e. The molecule has 138 valence electrons. The predicted molar refractivity (Wildman–Crippen MR) is 95.5 cm³/mol. The molecule has 0 unspecified atom stereocenters. The summed E-state index contributed by atoms with van der Waals surface area (Å²) in [6, 6.07) is 6.08. The highest BCUT2D eigenvalue weighted by atomic mass is 19.1. The van der Waals surface area contributed by atoms with Gasteiger partial charge in [-0.1, -0.05) is 24.3 Å². The summed E-state index contributed by atoms with van der Waals surface area (Å²) in [5.74, 6) is 0.673. The van der Waals surface area contributed by atoms with E-state index in [1.807, 2.05) is 11.6 Å². The molecule has 7 heteroatoms. The van der Waals surface area contributed by atoms with Gasteiger partial charge >= 0.3 is 0 Å². The number of hydrogen-bond acceptors (Lipinski definition) is 4. The molecule has 3 atom stereocenters. The molecule has 26 heavy (non-hydrogen) atoms. The normalized spacial score (nSPS) is 22.8. The van der Waals surface area contributed by atoms with Crippen LogP contribution in [0.4, 0.5) is 4.39 Å². The standard InChI is InChI=1S/C19H23FN4O2/c1-24-12-22-23-19(24)14-9-15(17(25)10-14)11-21-18(26)4-2-3-13-5-7-16(20)8-6-13/h2-3,5-8,12,14-15,17,25H,4,9-11H2,1H3,(H,21,26)/b3-2+/t14-,15+,17+/m0/s1. The first-order valence-corrected chi connectivity index (χ1v) is 8.73. The molecule has 1 aliphatic carbocycles. The largest absolute Gasteiger partial charge is 0.393 e. The fourth-order valence-electron chi connectivity index (χ4n) is 3.39. The van der Waals surface area contributed by atoms with Crippen molar-refractivity contribution in [3.05, 3.63) is 53.9 Å². The van der Waals surface area contributed by atoms with Gasteiger partial charge in [-0.2, -0.15) is 0 Å². The van der Waals surface area contributed by atoms with Crippen molar-refractivity contribution in [3.63, 3.8) is 0 Å². The van der Waals surface area contributed by atoms with Crippen molar-refractivity contribution < 1.29 is 14.3 Å².